The normalized spacial score (nSPS) is 22.8. The molecule has 0 saturated carbocycles. The van der Waals surface area contributed by atoms with Crippen LogP contribution in [0, 0.1) is 5.92 Å². The Morgan fingerprint density at radius 3 is 2.42 bits per heavy atom. The number of benzene rings is 2. The molecule has 3 aromatic rings. The molecule has 1 amide bonds. The predicted octanol–water partition coefficient (Wildman–Crippen LogP) is 5.39. The Hall–Kier alpha value is -3.21. The van der Waals surface area contributed by atoms with E-state index in [2.05, 4.69) is 4.98 Å². The molecular weight excluding hydrogens is 388 g/mol. The first-order chi connectivity index (χ1) is 15.2. The minimum absolute atomic E-state index is 0.0626. The number of Topliss-reactive ketones (excluding diaryl/α,β-unsaturated/α-hetero) is 1. The van der Waals surface area contributed by atoms with Crippen molar-refractivity contribution < 1.29 is 14.3 Å². The minimum atomic E-state index is -0.253. The lowest BCUT2D eigenvalue weighted by molar-refractivity contribution is 0.00475. The molecule has 2 aromatic carbocycles. The van der Waals surface area contributed by atoms with Gasteiger partial charge >= 0.3 is 6.09 Å². The number of fused-ring (bicyclic) bond motifs is 3. The van der Waals surface area contributed by atoms with Crippen LogP contribution >= 0.6 is 0 Å². The summed E-state index contributed by atoms with van der Waals surface area (Å²) in [6.45, 7) is 0.277. The summed E-state index contributed by atoms with van der Waals surface area (Å²) in [5, 5.41) is 1.94. The molecule has 2 unspecified atom stereocenters. The number of ketones is 1. The second-order valence-corrected chi connectivity index (χ2v) is 8.63. The van der Waals surface area contributed by atoms with Gasteiger partial charge in [0.1, 0.15) is 6.61 Å². The maximum absolute atomic E-state index is 13.5. The number of carbonyl (C=O) groups is 2. The third-order valence-corrected chi connectivity index (χ3v) is 6.70. The zero-order valence-corrected chi connectivity index (χ0v) is 17.4. The molecule has 0 N–H and O–H groups in total. The summed E-state index contributed by atoms with van der Waals surface area (Å²) >= 11 is 0. The summed E-state index contributed by atoms with van der Waals surface area (Å²) in [5.41, 5.74) is 1.68. The number of piperidine rings is 2. The smallest absolute Gasteiger partial charge is 0.410 e. The number of amides is 1. The van der Waals surface area contributed by atoms with Crippen molar-refractivity contribution in [1.82, 2.24) is 9.88 Å². The number of nitrogens with zero attached hydrogens (tertiary/aromatic N) is 2. The first kappa shape index (κ1) is 19.7. The fourth-order valence-electron chi connectivity index (χ4n) is 5.22. The van der Waals surface area contributed by atoms with Crippen molar-refractivity contribution in [1.29, 1.82) is 0 Å². The second kappa shape index (κ2) is 8.50. The zero-order chi connectivity index (χ0) is 21.2. The molecule has 1 aromatic heterocycles. The van der Waals surface area contributed by atoms with E-state index in [1.807, 2.05) is 59.5 Å². The van der Waals surface area contributed by atoms with Crippen LogP contribution in [0.2, 0.25) is 0 Å². The van der Waals surface area contributed by atoms with Gasteiger partial charge in [-0.3, -0.25) is 9.78 Å². The molecule has 3 heterocycles. The number of hydrogen-bond acceptors (Lipinski definition) is 4. The largest absolute Gasteiger partial charge is 0.445 e. The van der Waals surface area contributed by atoms with E-state index in [4.69, 9.17) is 4.74 Å². The van der Waals surface area contributed by atoms with Crippen LogP contribution in [0.4, 0.5) is 4.79 Å². The van der Waals surface area contributed by atoms with Gasteiger partial charge in [0, 0.05) is 41.3 Å². The molecule has 5 nitrogen and oxygen atoms in total. The van der Waals surface area contributed by atoms with Crippen LogP contribution in [-0.4, -0.2) is 33.8 Å². The summed E-state index contributed by atoms with van der Waals surface area (Å²) in [5.74, 6) is 0.0691. The number of ether oxygens (including phenoxy) is 1. The van der Waals surface area contributed by atoms with E-state index in [-0.39, 0.29) is 36.5 Å². The Morgan fingerprint density at radius 2 is 1.65 bits per heavy atom. The van der Waals surface area contributed by atoms with E-state index in [1.54, 1.807) is 12.4 Å². The van der Waals surface area contributed by atoms with Gasteiger partial charge in [0.25, 0.3) is 0 Å². The van der Waals surface area contributed by atoms with Crippen molar-refractivity contribution in [2.75, 3.05) is 0 Å². The number of carbonyl (C=O) groups excluding carboxylic acids is 2. The molecule has 158 valence electrons. The average Bonchev–Trinajstić information content (AvgIpc) is 2.81. The summed E-state index contributed by atoms with van der Waals surface area (Å²) in [6, 6.07) is 17.8. The lowest BCUT2D eigenvalue weighted by Crippen LogP contribution is -2.55. The van der Waals surface area contributed by atoms with Gasteiger partial charge in [0.2, 0.25) is 0 Å². The maximum Gasteiger partial charge on any atom is 0.410 e. The molecule has 0 radical (unpaired) electrons. The van der Waals surface area contributed by atoms with Gasteiger partial charge in [0.05, 0.1) is 0 Å². The van der Waals surface area contributed by atoms with Crippen molar-refractivity contribution in [3.63, 3.8) is 0 Å². The second-order valence-electron chi connectivity index (χ2n) is 8.63. The highest BCUT2D eigenvalue weighted by Gasteiger charge is 2.44. The van der Waals surface area contributed by atoms with E-state index in [0.717, 1.165) is 35.6 Å². The predicted molar refractivity (Wildman–Crippen MR) is 119 cm³/mol. The quantitative estimate of drug-likeness (QED) is 0.537. The number of pyridine rings is 1. The van der Waals surface area contributed by atoms with Gasteiger partial charge in [0.15, 0.2) is 5.78 Å². The fourth-order valence-corrected chi connectivity index (χ4v) is 5.22. The molecule has 2 saturated heterocycles. The van der Waals surface area contributed by atoms with Crippen LogP contribution in [0.1, 0.15) is 48.0 Å². The highest BCUT2D eigenvalue weighted by molar-refractivity contribution is 6.08. The summed E-state index contributed by atoms with van der Waals surface area (Å²) in [7, 11) is 0. The summed E-state index contributed by atoms with van der Waals surface area (Å²) in [6.07, 6.45) is 7.57. The first-order valence-electron chi connectivity index (χ1n) is 11.1. The maximum atomic E-state index is 13.5. The zero-order valence-electron chi connectivity index (χ0n) is 17.4. The average molecular weight is 415 g/mol. The van der Waals surface area contributed by atoms with E-state index < -0.39 is 0 Å². The summed E-state index contributed by atoms with van der Waals surface area (Å²) < 4.78 is 5.63. The molecule has 0 spiro atoms. The molecule has 0 aliphatic carbocycles. The van der Waals surface area contributed by atoms with Gasteiger partial charge in [-0.25, -0.2) is 4.79 Å². The van der Waals surface area contributed by atoms with Crippen LogP contribution < -0.4 is 0 Å². The minimum Gasteiger partial charge on any atom is -0.445 e. The van der Waals surface area contributed by atoms with E-state index in [0.29, 0.717) is 18.4 Å². The van der Waals surface area contributed by atoms with Crippen LogP contribution in [0.15, 0.2) is 67.0 Å². The van der Waals surface area contributed by atoms with Crippen molar-refractivity contribution in [3.8, 4) is 0 Å². The molecule has 2 aliphatic rings. The van der Waals surface area contributed by atoms with Crippen LogP contribution in [0.5, 0.6) is 0 Å². The molecule has 2 aliphatic heterocycles. The van der Waals surface area contributed by atoms with Gasteiger partial charge in [-0.1, -0.05) is 54.6 Å². The van der Waals surface area contributed by atoms with Crippen LogP contribution in [0.3, 0.4) is 0 Å². The highest BCUT2D eigenvalue weighted by Crippen LogP contribution is 2.39. The Labute approximate surface area is 182 Å². The Kier molecular flexibility index (Phi) is 5.41. The van der Waals surface area contributed by atoms with E-state index in [9.17, 15) is 9.59 Å². The van der Waals surface area contributed by atoms with Crippen molar-refractivity contribution in [3.05, 3.63) is 78.1 Å². The molecule has 31 heavy (non-hydrogen) atoms. The SMILES string of the molecule is O=C(c1cncc2ccccc12)C1CC2CCCC(C1)N2C(=O)OCc1ccccc1. The van der Waals surface area contributed by atoms with Gasteiger partial charge in [-0.05, 0) is 43.1 Å². The van der Waals surface area contributed by atoms with Gasteiger partial charge < -0.3 is 9.64 Å². The number of aromatic nitrogens is 1. The van der Waals surface area contributed by atoms with Crippen molar-refractivity contribution in [2.45, 2.75) is 50.8 Å². The molecule has 2 fully saturated rings. The third kappa shape index (κ3) is 3.92. The first-order valence-corrected chi connectivity index (χ1v) is 11.1. The lowest BCUT2D eigenvalue weighted by atomic mass is 9.75. The van der Waals surface area contributed by atoms with Gasteiger partial charge in [-0.2, -0.15) is 0 Å². The topological polar surface area (TPSA) is 59.5 Å². The molecule has 2 atom stereocenters. The Balaban J connectivity index is 1.31. The monoisotopic (exact) mass is 414 g/mol. The van der Waals surface area contributed by atoms with Crippen LogP contribution in [-0.2, 0) is 11.3 Å². The molecule has 5 rings (SSSR count). The highest BCUT2D eigenvalue weighted by atomic mass is 16.6. The van der Waals surface area contributed by atoms with Crippen molar-refractivity contribution >= 4 is 22.6 Å². The summed E-state index contributed by atoms with van der Waals surface area (Å²) in [4.78, 5) is 32.6. The van der Waals surface area contributed by atoms with Crippen molar-refractivity contribution in [2.24, 2.45) is 5.92 Å². The molecular formula is C26H26N2O3. The number of hydrogen-bond donors (Lipinski definition) is 0. The Bertz CT molecular complexity index is 1080. The van der Waals surface area contributed by atoms with E-state index in [1.165, 1.54) is 0 Å². The van der Waals surface area contributed by atoms with Crippen LogP contribution in [0.25, 0.3) is 10.8 Å². The lowest BCUT2D eigenvalue weighted by Gasteiger charge is -2.47. The fraction of sp³-hybridized carbons (Fsp3) is 0.346. The molecule has 5 heteroatoms. The standard InChI is InChI=1S/C26H26N2O3/c29-25(24-16-27-15-19-9-4-5-12-23(19)24)20-13-21-10-6-11-22(14-20)28(21)26(30)31-17-18-7-2-1-3-8-18/h1-5,7-9,12,15-16,20-22H,6,10-11,13-14,17H2. The molecule has 2 bridgehead atoms. The third-order valence-electron chi connectivity index (χ3n) is 6.70. The Morgan fingerprint density at radius 1 is 0.935 bits per heavy atom. The van der Waals surface area contributed by atoms with E-state index >= 15 is 0 Å². The van der Waals surface area contributed by atoms with Gasteiger partial charge in [-0.15, -0.1) is 0 Å². The number of rotatable bonds is 4.